The van der Waals surface area contributed by atoms with Crippen LogP contribution in [-0.2, 0) is 5.41 Å². The van der Waals surface area contributed by atoms with Crippen LogP contribution in [0.4, 0.5) is 0 Å². The van der Waals surface area contributed by atoms with Crippen LogP contribution in [0.15, 0.2) is 546 Å². The van der Waals surface area contributed by atoms with Gasteiger partial charge in [0.15, 0.2) is 0 Å². The molecule has 31 rings (SSSR count). The van der Waals surface area contributed by atoms with Crippen LogP contribution in [0.3, 0.4) is 0 Å². The van der Waals surface area contributed by atoms with Crippen molar-refractivity contribution in [2.75, 3.05) is 0 Å². The molecule has 1 aliphatic carbocycles. The summed E-state index contributed by atoms with van der Waals surface area (Å²) in [6.45, 7) is 4.71. The van der Waals surface area contributed by atoms with Gasteiger partial charge in [-0.15, -0.1) is 0 Å². The van der Waals surface area contributed by atoms with Gasteiger partial charge in [0.2, 0.25) is 0 Å². The SMILES string of the molecule is CC1(C)c2ccccc2-c2ccc(-n3c4ccccc4c4cc(-c5ccc6c(c5)c5ccccc5n6-c5cccc(-c6ccccc6)c5)ccc43)cc21.c1ccc(-c2cccc(-n3c4ccccc4c4cc(-c5ccc6c(c5)c5ccccc5n6-c5ccc6ccccc6c5)ccc43)c2)cc1.c1ccc(-c2cccc(-n3c4ccccc4c4cc(-c5ccc6c(c5)c5ccccc5n6-c5cccc6ccccc56)ccc43)c2)cc1. The number of hydrogen-bond donors (Lipinski definition) is 0. The van der Waals surface area contributed by atoms with Gasteiger partial charge < -0.3 is 27.4 Å². The van der Waals surface area contributed by atoms with E-state index in [1.54, 1.807) is 0 Å². The Morgan fingerprint density at radius 2 is 0.376 bits per heavy atom. The summed E-state index contributed by atoms with van der Waals surface area (Å²) in [4.78, 5) is 0. The minimum atomic E-state index is -0.0552. The Morgan fingerprint density at radius 3 is 0.752 bits per heavy atom. The number of nitrogens with zero attached hydrogens (tertiary/aromatic N) is 6. The molecule has 0 saturated carbocycles. The first-order chi connectivity index (χ1) is 73.7. The van der Waals surface area contributed by atoms with Crippen molar-refractivity contribution in [1.82, 2.24) is 27.4 Å². The van der Waals surface area contributed by atoms with E-state index >= 15 is 0 Å². The third-order valence-corrected chi connectivity index (χ3v) is 31.5. The summed E-state index contributed by atoms with van der Waals surface area (Å²) in [5.41, 5.74) is 41.7. The van der Waals surface area contributed by atoms with Gasteiger partial charge in [-0.25, -0.2) is 0 Å². The fourth-order valence-electron chi connectivity index (χ4n) is 24.5. The topological polar surface area (TPSA) is 29.6 Å². The molecular formula is C143H96N6. The lowest BCUT2D eigenvalue weighted by Gasteiger charge is -2.22. The molecule has 0 aliphatic heterocycles. The third kappa shape index (κ3) is 14.3. The average Bonchev–Trinajstić information content (AvgIpc) is 1.56. The quantitative estimate of drug-likeness (QED) is 0.117. The van der Waals surface area contributed by atoms with E-state index in [4.69, 9.17) is 0 Å². The molecule has 0 amide bonds. The van der Waals surface area contributed by atoms with Crippen molar-refractivity contribution >= 4 is 152 Å². The van der Waals surface area contributed by atoms with Gasteiger partial charge in [-0.05, 0) is 281 Å². The standard InChI is InChI=1S/C51H36N2.2C46H30N2/c1-51(2)45-20-9-6-17-39(45)40-26-25-38(32-46(40)51)53-48-22-11-8-19-42(48)44-31-36(24-28-50(44)53)35-23-27-49-43(30-35)41-18-7-10-21-47(41)52(49)37-16-12-15-34(29-37)33-13-4-3-5-14-33;1-2-12-31(13-3-1)33-16-10-17-36(28-33)47-43-21-8-6-19-38(43)40-29-34(24-26-45(40)47)35-25-27-46-41(30-35)39-20-7-9-22-44(39)48(46)42-23-11-15-32-14-4-5-18-37(32)42;1-2-11-31(12-3-1)34-15-10-16-37(27-34)47-43-19-8-6-17-39(43)41-29-35(22-25-45(41)47)36-23-26-46-42(30-36)40-18-7-9-20-44(40)48(46)38-24-21-32-13-4-5-14-33(32)28-38/h3-32H,1-2H3;2*1-30H. The minimum absolute atomic E-state index is 0.0552. The van der Waals surface area contributed by atoms with Crippen LogP contribution in [0.25, 0.3) is 264 Å². The van der Waals surface area contributed by atoms with Crippen LogP contribution in [0.2, 0.25) is 0 Å². The Labute approximate surface area is 861 Å². The van der Waals surface area contributed by atoms with Crippen molar-refractivity contribution in [3.05, 3.63) is 557 Å². The van der Waals surface area contributed by atoms with Crippen LogP contribution < -0.4 is 0 Å². The Balaban J connectivity index is 0.000000105. The van der Waals surface area contributed by atoms with Crippen molar-refractivity contribution in [1.29, 1.82) is 0 Å². The van der Waals surface area contributed by atoms with E-state index < -0.39 is 0 Å². The maximum absolute atomic E-state index is 2.45. The molecule has 0 spiro atoms. The monoisotopic (exact) mass is 1900 g/mol. The molecule has 6 nitrogen and oxygen atoms in total. The molecule has 30 aromatic rings. The lowest BCUT2D eigenvalue weighted by molar-refractivity contribution is 0.660. The van der Waals surface area contributed by atoms with Gasteiger partial charge in [0.1, 0.15) is 0 Å². The maximum Gasteiger partial charge on any atom is 0.0541 e. The number of rotatable bonds is 12. The second kappa shape index (κ2) is 35.0. The van der Waals surface area contributed by atoms with Crippen molar-refractivity contribution < 1.29 is 0 Å². The lowest BCUT2D eigenvalue weighted by Crippen LogP contribution is -2.15. The molecule has 698 valence electrons. The van der Waals surface area contributed by atoms with E-state index in [1.165, 1.54) is 270 Å². The first-order valence-corrected chi connectivity index (χ1v) is 51.6. The smallest absolute Gasteiger partial charge is 0.0541 e. The summed E-state index contributed by atoms with van der Waals surface area (Å²) in [5.74, 6) is 0. The van der Waals surface area contributed by atoms with Gasteiger partial charge in [-0.3, -0.25) is 0 Å². The summed E-state index contributed by atoms with van der Waals surface area (Å²) in [6, 6.07) is 200. The van der Waals surface area contributed by atoms with Crippen LogP contribution in [0.5, 0.6) is 0 Å². The van der Waals surface area contributed by atoms with Crippen LogP contribution >= 0.6 is 0 Å². The summed E-state index contributed by atoms with van der Waals surface area (Å²) < 4.78 is 14.5. The first-order valence-electron chi connectivity index (χ1n) is 51.6. The van der Waals surface area contributed by atoms with E-state index in [1.807, 2.05) is 0 Å². The molecule has 0 radical (unpaired) electrons. The lowest BCUT2D eigenvalue weighted by atomic mass is 9.82. The maximum atomic E-state index is 2.45. The third-order valence-electron chi connectivity index (χ3n) is 31.5. The van der Waals surface area contributed by atoms with E-state index in [9.17, 15) is 0 Å². The number of fused-ring (bicyclic) bond motifs is 23. The molecule has 6 aromatic heterocycles. The molecule has 0 bridgehead atoms. The highest BCUT2D eigenvalue weighted by Gasteiger charge is 2.36. The van der Waals surface area contributed by atoms with E-state index in [-0.39, 0.29) is 5.41 Å². The minimum Gasteiger partial charge on any atom is -0.309 e. The highest BCUT2D eigenvalue weighted by molar-refractivity contribution is 6.18. The van der Waals surface area contributed by atoms with Crippen molar-refractivity contribution in [2.24, 2.45) is 0 Å². The molecule has 0 saturated heterocycles. The number of benzene rings is 24. The average molecular weight is 1900 g/mol. The van der Waals surface area contributed by atoms with Gasteiger partial charge in [0, 0.05) is 104 Å². The second-order valence-electron chi connectivity index (χ2n) is 40.2. The highest BCUT2D eigenvalue weighted by Crippen LogP contribution is 2.52. The fraction of sp³-hybridized carbons (Fsp3) is 0.0210. The number of para-hydroxylation sites is 6. The van der Waals surface area contributed by atoms with Crippen molar-refractivity contribution in [3.8, 4) is 112 Å². The molecule has 1 aliphatic rings. The van der Waals surface area contributed by atoms with Gasteiger partial charge in [0.25, 0.3) is 0 Å². The Morgan fingerprint density at radius 1 is 0.128 bits per heavy atom. The Hall–Kier alpha value is -19.4. The molecule has 6 heterocycles. The van der Waals surface area contributed by atoms with Crippen molar-refractivity contribution in [2.45, 2.75) is 19.3 Å². The molecular weight excluding hydrogens is 1800 g/mol. The van der Waals surface area contributed by atoms with Crippen LogP contribution in [-0.4, -0.2) is 27.4 Å². The predicted molar refractivity (Wildman–Crippen MR) is 631 cm³/mol. The molecule has 24 aromatic carbocycles. The van der Waals surface area contributed by atoms with E-state index in [2.05, 4.69) is 587 Å². The zero-order valence-electron chi connectivity index (χ0n) is 82.1. The summed E-state index contributed by atoms with van der Waals surface area (Å²) in [5, 5.41) is 20.1. The summed E-state index contributed by atoms with van der Waals surface area (Å²) >= 11 is 0. The number of hydrogen-bond acceptors (Lipinski definition) is 0. The van der Waals surface area contributed by atoms with E-state index in [0.717, 1.165) is 5.69 Å². The Kier molecular flexibility index (Phi) is 20.3. The first kappa shape index (κ1) is 86.3. The highest BCUT2D eigenvalue weighted by atomic mass is 15.0. The fourth-order valence-corrected chi connectivity index (χ4v) is 24.5. The van der Waals surface area contributed by atoms with Gasteiger partial charge >= 0.3 is 0 Å². The molecule has 6 heteroatoms. The van der Waals surface area contributed by atoms with Crippen LogP contribution in [0.1, 0.15) is 25.0 Å². The summed E-state index contributed by atoms with van der Waals surface area (Å²) in [7, 11) is 0. The zero-order valence-corrected chi connectivity index (χ0v) is 82.1. The normalized spacial score (nSPS) is 12.3. The second-order valence-corrected chi connectivity index (χ2v) is 40.2. The molecule has 0 unspecified atom stereocenters. The van der Waals surface area contributed by atoms with Crippen molar-refractivity contribution in [3.63, 3.8) is 0 Å². The van der Waals surface area contributed by atoms with Gasteiger partial charge in [0.05, 0.1) is 71.9 Å². The van der Waals surface area contributed by atoms with E-state index in [0.29, 0.717) is 0 Å². The molecule has 0 N–H and O–H groups in total. The largest absolute Gasteiger partial charge is 0.309 e. The Bertz CT molecular complexity index is 10700. The molecule has 0 fully saturated rings. The summed E-state index contributed by atoms with van der Waals surface area (Å²) in [6.07, 6.45) is 0. The van der Waals surface area contributed by atoms with Crippen LogP contribution in [0, 0.1) is 0 Å². The van der Waals surface area contributed by atoms with Gasteiger partial charge in [-0.1, -0.05) is 384 Å². The van der Waals surface area contributed by atoms with Gasteiger partial charge in [-0.2, -0.15) is 0 Å². The molecule has 149 heavy (non-hydrogen) atoms. The molecule has 0 atom stereocenters. The predicted octanol–water partition coefficient (Wildman–Crippen LogP) is 38.3. The zero-order chi connectivity index (χ0) is 98.5. The number of aromatic nitrogens is 6.